The van der Waals surface area contributed by atoms with Crippen LogP contribution in [0, 0.1) is 0 Å². The van der Waals surface area contributed by atoms with Gasteiger partial charge in [-0.25, -0.2) is 9.78 Å². The second-order valence-corrected chi connectivity index (χ2v) is 8.06. The molecule has 9 nitrogen and oxygen atoms in total. The van der Waals surface area contributed by atoms with Gasteiger partial charge in [-0.2, -0.15) is 28.5 Å². The van der Waals surface area contributed by atoms with Gasteiger partial charge in [0.25, 0.3) is 11.5 Å². The quantitative estimate of drug-likeness (QED) is 0.370. The van der Waals surface area contributed by atoms with Crippen LogP contribution in [-0.2, 0) is 13.2 Å². The lowest BCUT2D eigenvalue weighted by atomic mass is 10.0. The number of anilines is 1. The van der Waals surface area contributed by atoms with E-state index in [2.05, 4.69) is 25.7 Å². The van der Waals surface area contributed by atoms with Gasteiger partial charge in [0.15, 0.2) is 0 Å². The lowest BCUT2D eigenvalue weighted by Crippen LogP contribution is -2.16. The number of hydrogen-bond donors (Lipinski definition) is 2. The van der Waals surface area contributed by atoms with Crippen molar-refractivity contribution in [3.8, 4) is 28.3 Å². The molecular formula is C25H18F3N7O2. The van der Waals surface area contributed by atoms with E-state index in [9.17, 15) is 22.8 Å². The van der Waals surface area contributed by atoms with Gasteiger partial charge in [-0.15, -0.1) is 0 Å². The van der Waals surface area contributed by atoms with Crippen LogP contribution in [0.5, 0.6) is 0 Å². The number of hydrogen-bond acceptors (Lipinski definition) is 5. The molecule has 0 aliphatic carbocycles. The Hall–Kier alpha value is -5.00. The third-order valence-electron chi connectivity index (χ3n) is 5.47. The minimum Gasteiger partial charge on any atom is -0.306 e. The fourth-order valence-electron chi connectivity index (χ4n) is 3.74. The standard InChI is InChI=1S/C25H18F3N7O2/c1-34-12-11-19(32-34)17-13-15(7-8-18(17)25(26,27)28)24(37)29-22-14-21(20-9-10-23(36)31-30-20)33-35(22)16-5-3-2-4-6-16/h2-14H,1H3,(H,29,37)(H,31,36). The number of alkyl halides is 3. The van der Waals surface area contributed by atoms with Crippen molar-refractivity contribution in [2.75, 3.05) is 5.32 Å². The Labute approximate surface area is 207 Å². The van der Waals surface area contributed by atoms with Crippen molar-refractivity contribution in [1.29, 1.82) is 0 Å². The average molecular weight is 505 g/mol. The zero-order valence-corrected chi connectivity index (χ0v) is 19.2. The largest absolute Gasteiger partial charge is 0.417 e. The maximum Gasteiger partial charge on any atom is 0.417 e. The molecule has 186 valence electrons. The molecule has 2 aromatic carbocycles. The number of H-pyrrole nitrogens is 1. The first-order valence-corrected chi connectivity index (χ1v) is 10.9. The van der Waals surface area contributed by atoms with Crippen molar-refractivity contribution in [2.24, 2.45) is 7.05 Å². The molecule has 0 aliphatic heterocycles. The topological polar surface area (TPSA) is 110 Å². The highest BCUT2D eigenvalue weighted by atomic mass is 19.4. The second kappa shape index (κ2) is 9.22. The molecule has 3 heterocycles. The molecule has 3 aromatic heterocycles. The van der Waals surface area contributed by atoms with E-state index in [4.69, 9.17) is 0 Å². The summed E-state index contributed by atoms with van der Waals surface area (Å²) in [5, 5.41) is 17.6. The Balaban J connectivity index is 1.54. The molecule has 0 radical (unpaired) electrons. The predicted molar refractivity (Wildman–Crippen MR) is 129 cm³/mol. The Morgan fingerprint density at radius 2 is 1.70 bits per heavy atom. The van der Waals surface area contributed by atoms with Crippen LogP contribution in [0.4, 0.5) is 19.0 Å². The number of aromatic nitrogens is 6. The molecule has 0 atom stereocenters. The summed E-state index contributed by atoms with van der Waals surface area (Å²) in [5.74, 6) is -0.401. The van der Waals surface area contributed by atoms with Gasteiger partial charge in [-0.1, -0.05) is 18.2 Å². The van der Waals surface area contributed by atoms with Gasteiger partial charge in [0, 0.05) is 36.5 Å². The summed E-state index contributed by atoms with van der Waals surface area (Å²) in [5.41, 5.74) is -0.0723. The molecule has 1 amide bonds. The van der Waals surface area contributed by atoms with Crippen LogP contribution in [0.2, 0.25) is 0 Å². The van der Waals surface area contributed by atoms with Crippen molar-refractivity contribution < 1.29 is 18.0 Å². The van der Waals surface area contributed by atoms with Crippen LogP contribution in [0.1, 0.15) is 15.9 Å². The van der Waals surface area contributed by atoms with Gasteiger partial charge in [-0.05, 0) is 42.5 Å². The summed E-state index contributed by atoms with van der Waals surface area (Å²) in [4.78, 5) is 24.6. The number of carbonyl (C=O) groups is 1. The van der Waals surface area contributed by atoms with E-state index < -0.39 is 17.6 Å². The summed E-state index contributed by atoms with van der Waals surface area (Å²) in [7, 11) is 1.59. The summed E-state index contributed by atoms with van der Waals surface area (Å²) >= 11 is 0. The number of aromatic amines is 1. The molecule has 5 rings (SSSR count). The van der Waals surface area contributed by atoms with Crippen LogP contribution in [-0.4, -0.2) is 35.7 Å². The van der Waals surface area contributed by atoms with Gasteiger partial charge in [0.2, 0.25) is 0 Å². The number of rotatable bonds is 5. The maximum absolute atomic E-state index is 13.7. The van der Waals surface area contributed by atoms with Crippen LogP contribution in [0.3, 0.4) is 0 Å². The first-order chi connectivity index (χ1) is 17.7. The van der Waals surface area contributed by atoms with E-state index in [0.717, 1.165) is 18.2 Å². The SMILES string of the molecule is Cn1ccc(-c2cc(C(=O)Nc3cc(-c4ccc(=O)[nH]n4)nn3-c3ccccc3)ccc2C(F)(F)F)n1. The first-order valence-electron chi connectivity index (χ1n) is 10.9. The summed E-state index contributed by atoms with van der Waals surface area (Å²) in [6.07, 6.45) is -3.11. The van der Waals surface area contributed by atoms with E-state index in [0.29, 0.717) is 17.1 Å². The highest BCUT2D eigenvalue weighted by Gasteiger charge is 2.34. The molecule has 0 saturated heterocycles. The summed E-state index contributed by atoms with van der Waals surface area (Å²) in [6, 6.07) is 17.8. The third kappa shape index (κ3) is 4.89. The Kier molecular flexibility index (Phi) is 5.91. The van der Waals surface area contributed by atoms with Crippen molar-refractivity contribution >= 4 is 11.7 Å². The number of para-hydroxylation sites is 1. The van der Waals surface area contributed by atoms with Gasteiger partial charge >= 0.3 is 6.18 Å². The summed E-state index contributed by atoms with van der Waals surface area (Å²) in [6.45, 7) is 0. The highest BCUT2D eigenvalue weighted by molar-refractivity contribution is 6.05. The highest BCUT2D eigenvalue weighted by Crippen LogP contribution is 2.37. The lowest BCUT2D eigenvalue weighted by molar-refractivity contribution is -0.137. The molecule has 5 aromatic rings. The molecule has 12 heteroatoms. The van der Waals surface area contributed by atoms with Crippen LogP contribution in [0.15, 0.2) is 83.8 Å². The van der Waals surface area contributed by atoms with E-state index in [-0.39, 0.29) is 28.2 Å². The normalized spacial score (nSPS) is 11.5. The monoisotopic (exact) mass is 505 g/mol. The van der Waals surface area contributed by atoms with E-state index in [1.807, 2.05) is 6.07 Å². The van der Waals surface area contributed by atoms with E-state index in [1.54, 1.807) is 37.4 Å². The molecule has 0 fully saturated rings. The van der Waals surface area contributed by atoms with Gasteiger partial charge in [0.1, 0.15) is 17.2 Å². The summed E-state index contributed by atoms with van der Waals surface area (Å²) < 4.78 is 43.9. The molecule has 0 unspecified atom stereocenters. The molecule has 0 saturated carbocycles. The number of carbonyl (C=O) groups excluding carboxylic acids is 1. The smallest absolute Gasteiger partial charge is 0.306 e. The fourth-order valence-corrected chi connectivity index (χ4v) is 3.74. The molecular weight excluding hydrogens is 487 g/mol. The van der Waals surface area contributed by atoms with Gasteiger partial charge in [0.05, 0.1) is 16.9 Å². The van der Waals surface area contributed by atoms with E-state index in [1.165, 1.54) is 33.8 Å². The van der Waals surface area contributed by atoms with Crippen molar-refractivity contribution in [3.05, 3.63) is 100 Å². The Morgan fingerprint density at radius 1 is 0.919 bits per heavy atom. The molecule has 2 N–H and O–H groups in total. The maximum atomic E-state index is 13.7. The van der Waals surface area contributed by atoms with Gasteiger partial charge in [-0.3, -0.25) is 14.3 Å². The molecule has 0 spiro atoms. The van der Waals surface area contributed by atoms with Crippen molar-refractivity contribution in [3.63, 3.8) is 0 Å². The van der Waals surface area contributed by atoms with E-state index >= 15 is 0 Å². The van der Waals surface area contributed by atoms with Crippen LogP contribution >= 0.6 is 0 Å². The predicted octanol–water partition coefficient (Wildman–Crippen LogP) is 4.29. The zero-order valence-electron chi connectivity index (χ0n) is 19.2. The molecule has 37 heavy (non-hydrogen) atoms. The number of nitrogens with one attached hydrogen (secondary N) is 2. The Bertz CT molecular complexity index is 1630. The van der Waals surface area contributed by atoms with Gasteiger partial charge < -0.3 is 5.32 Å². The number of benzene rings is 2. The Morgan fingerprint density at radius 3 is 2.35 bits per heavy atom. The van der Waals surface area contributed by atoms with Crippen LogP contribution in [0.25, 0.3) is 28.3 Å². The molecule has 0 aliphatic rings. The molecule has 0 bridgehead atoms. The minimum absolute atomic E-state index is 0.00168. The first kappa shape index (κ1) is 23.7. The lowest BCUT2D eigenvalue weighted by Gasteiger charge is -2.14. The third-order valence-corrected chi connectivity index (χ3v) is 5.47. The average Bonchev–Trinajstić information content (AvgIpc) is 3.50. The fraction of sp³-hybridized carbons (Fsp3) is 0.0800. The minimum atomic E-state index is -4.63. The number of amides is 1. The number of aryl methyl sites for hydroxylation is 1. The number of nitrogens with zero attached hydrogens (tertiary/aromatic N) is 5. The zero-order chi connectivity index (χ0) is 26.2. The van der Waals surface area contributed by atoms with Crippen molar-refractivity contribution in [2.45, 2.75) is 6.18 Å². The number of halogens is 3. The van der Waals surface area contributed by atoms with Crippen molar-refractivity contribution in [1.82, 2.24) is 29.8 Å². The second-order valence-electron chi connectivity index (χ2n) is 8.06. The van der Waals surface area contributed by atoms with Crippen LogP contribution < -0.4 is 10.9 Å².